The van der Waals surface area contributed by atoms with Crippen LogP contribution in [0.15, 0.2) is 21.6 Å². The van der Waals surface area contributed by atoms with Gasteiger partial charge in [-0.15, -0.1) is 11.3 Å². The summed E-state index contributed by atoms with van der Waals surface area (Å²) in [6.45, 7) is 9.95. The summed E-state index contributed by atoms with van der Waals surface area (Å²) in [6.07, 6.45) is 3.28. The van der Waals surface area contributed by atoms with E-state index >= 15 is 0 Å². The zero-order chi connectivity index (χ0) is 20.2. The number of amides is 1. The second-order valence-electron chi connectivity index (χ2n) is 7.85. The second-order valence-corrected chi connectivity index (χ2v) is 9.70. The summed E-state index contributed by atoms with van der Waals surface area (Å²) in [4.78, 5) is 37.6. The number of thiophene rings is 1. The van der Waals surface area contributed by atoms with E-state index in [4.69, 9.17) is 0 Å². The minimum atomic E-state index is -0.554. The van der Waals surface area contributed by atoms with Gasteiger partial charge in [-0.05, 0) is 34.4 Å². The second kappa shape index (κ2) is 8.80. The molecule has 0 bridgehead atoms. The van der Waals surface area contributed by atoms with Gasteiger partial charge in [-0.25, -0.2) is 0 Å². The van der Waals surface area contributed by atoms with Crippen molar-refractivity contribution in [1.82, 2.24) is 9.88 Å². The van der Waals surface area contributed by atoms with Crippen molar-refractivity contribution in [3.8, 4) is 0 Å². The van der Waals surface area contributed by atoms with Crippen molar-refractivity contribution in [3.63, 3.8) is 0 Å². The van der Waals surface area contributed by atoms with Crippen LogP contribution < -0.4 is 20.1 Å². The van der Waals surface area contributed by atoms with Crippen LogP contribution in [-0.4, -0.2) is 22.8 Å². The predicted octanol–water partition coefficient (Wildman–Crippen LogP) is 1.97. The van der Waals surface area contributed by atoms with Gasteiger partial charge in [0.2, 0.25) is 5.91 Å². The third-order valence-corrected chi connectivity index (χ3v) is 5.54. The van der Waals surface area contributed by atoms with E-state index in [1.54, 1.807) is 17.4 Å². The molecule has 2 heterocycles. The molecule has 0 saturated carbocycles. The topological polar surface area (TPSA) is 68.2 Å². The number of nitrogens with zero attached hydrogens (tertiary/aromatic N) is 1. The summed E-state index contributed by atoms with van der Waals surface area (Å²) in [5.74, 6) is 0.00912. The van der Waals surface area contributed by atoms with Crippen LogP contribution in [0, 0.1) is 11.3 Å². The Labute approximate surface area is 167 Å². The third-order valence-electron chi connectivity index (χ3n) is 3.78. The Morgan fingerprint density at radius 1 is 1.30 bits per heavy atom. The normalized spacial score (nSPS) is 13.4. The highest BCUT2D eigenvalue weighted by atomic mass is 32.1. The Balaban J connectivity index is 2.50. The molecule has 0 aliphatic rings. The molecule has 5 nitrogen and oxygen atoms in total. The van der Waals surface area contributed by atoms with Crippen LogP contribution in [-0.2, 0) is 16.1 Å². The monoisotopic (exact) mass is 406 g/mol. The van der Waals surface area contributed by atoms with E-state index in [2.05, 4.69) is 5.32 Å². The van der Waals surface area contributed by atoms with E-state index in [1.807, 2.05) is 51.4 Å². The third kappa shape index (κ3) is 6.01. The molecular formula is C20H26N2O3S2. The first-order chi connectivity index (χ1) is 12.6. The van der Waals surface area contributed by atoms with Crippen molar-refractivity contribution < 1.29 is 9.59 Å². The highest BCUT2D eigenvalue weighted by molar-refractivity contribution is 7.08. The van der Waals surface area contributed by atoms with Crippen molar-refractivity contribution in [1.29, 1.82) is 0 Å². The maximum absolute atomic E-state index is 12.9. The SMILES string of the molecule is CC(C)CNC(=O)Cn1c(=O)/c(=C\c2ccsc2)s/c1=C\C(=O)C(C)(C)C. The maximum atomic E-state index is 12.9. The van der Waals surface area contributed by atoms with E-state index in [9.17, 15) is 14.4 Å². The molecule has 0 unspecified atom stereocenters. The molecule has 0 aliphatic heterocycles. The summed E-state index contributed by atoms with van der Waals surface area (Å²) in [7, 11) is 0. The van der Waals surface area contributed by atoms with Crippen LogP contribution >= 0.6 is 22.7 Å². The van der Waals surface area contributed by atoms with Crippen molar-refractivity contribution in [2.24, 2.45) is 11.3 Å². The number of aromatic nitrogens is 1. The molecule has 2 aromatic heterocycles. The zero-order valence-corrected chi connectivity index (χ0v) is 18.0. The summed E-state index contributed by atoms with van der Waals surface area (Å²) >= 11 is 2.79. The van der Waals surface area contributed by atoms with E-state index < -0.39 is 5.41 Å². The molecule has 0 aliphatic carbocycles. The smallest absolute Gasteiger partial charge is 0.269 e. The Hall–Kier alpha value is -1.99. The Kier molecular flexibility index (Phi) is 6.95. The van der Waals surface area contributed by atoms with Crippen LogP contribution in [0.4, 0.5) is 0 Å². The summed E-state index contributed by atoms with van der Waals surface area (Å²) in [5.41, 5.74) is 0.129. The lowest BCUT2D eigenvalue weighted by Gasteiger charge is -2.13. The number of Topliss-reactive ketones (excluding diaryl/α,β-unsaturated/α-hetero) is 1. The average molecular weight is 407 g/mol. The lowest BCUT2D eigenvalue weighted by molar-refractivity contribution is -0.122. The van der Waals surface area contributed by atoms with Crippen LogP contribution in [0.3, 0.4) is 0 Å². The Morgan fingerprint density at radius 3 is 2.56 bits per heavy atom. The largest absolute Gasteiger partial charge is 0.354 e. The Morgan fingerprint density at radius 2 is 2.00 bits per heavy atom. The van der Waals surface area contributed by atoms with Gasteiger partial charge in [0.05, 0.1) is 4.53 Å². The number of thiazole rings is 1. The number of hydrogen-bond acceptors (Lipinski definition) is 5. The molecule has 0 aromatic carbocycles. The summed E-state index contributed by atoms with van der Waals surface area (Å²) in [5, 5.41) is 6.71. The van der Waals surface area contributed by atoms with Crippen molar-refractivity contribution in [3.05, 3.63) is 41.9 Å². The number of carbonyl (C=O) groups excluding carboxylic acids is 2. The standard InChI is InChI=1S/C20H26N2O3S2/c1-13(2)10-21-17(24)11-22-18(9-16(23)20(3,4)5)27-15(19(22)25)8-14-6-7-26-12-14/h6-9,12-13H,10-11H2,1-5H3,(H,21,24)/b15-8+,18-9-. The fourth-order valence-electron chi connectivity index (χ4n) is 2.15. The molecule has 7 heteroatoms. The minimum Gasteiger partial charge on any atom is -0.354 e. The van der Waals surface area contributed by atoms with E-state index in [1.165, 1.54) is 22.0 Å². The number of carbonyl (C=O) groups is 2. The molecule has 146 valence electrons. The van der Waals surface area contributed by atoms with E-state index in [0.717, 1.165) is 5.56 Å². The summed E-state index contributed by atoms with van der Waals surface area (Å²) in [6, 6.07) is 1.92. The number of rotatable bonds is 6. The van der Waals surface area contributed by atoms with Crippen molar-refractivity contribution in [2.75, 3.05) is 6.54 Å². The molecule has 0 atom stereocenters. The number of nitrogens with one attached hydrogen (secondary N) is 1. The highest BCUT2D eigenvalue weighted by Crippen LogP contribution is 2.14. The highest BCUT2D eigenvalue weighted by Gasteiger charge is 2.20. The molecule has 2 aromatic rings. The van der Waals surface area contributed by atoms with Gasteiger partial charge in [0.15, 0.2) is 5.78 Å². The maximum Gasteiger partial charge on any atom is 0.269 e. The quantitative estimate of drug-likeness (QED) is 0.797. The van der Waals surface area contributed by atoms with Crippen molar-refractivity contribution in [2.45, 2.75) is 41.2 Å². The first kappa shape index (κ1) is 21.3. The van der Waals surface area contributed by atoms with Crippen LogP contribution in [0.2, 0.25) is 0 Å². The number of ketones is 1. The van der Waals surface area contributed by atoms with Gasteiger partial charge in [0.1, 0.15) is 11.2 Å². The molecule has 1 N–H and O–H groups in total. The van der Waals surface area contributed by atoms with E-state index in [0.29, 0.717) is 21.7 Å². The molecule has 1 amide bonds. The van der Waals surface area contributed by atoms with Gasteiger partial charge >= 0.3 is 0 Å². The van der Waals surface area contributed by atoms with Crippen LogP contribution in [0.5, 0.6) is 0 Å². The van der Waals surface area contributed by atoms with Gasteiger partial charge in [-0.3, -0.25) is 19.0 Å². The molecule has 0 fully saturated rings. The van der Waals surface area contributed by atoms with Crippen molar-refractivity contribution >= 4 is 46.5 Å². The number of hydrogen-bond donors (Lipinski definition) is 1. The molecule has 0 spiro atoms. The molecule has 2 rings (SSSR count). The first-order valence-electron chi connectivity index (χ1n) is 8.84. The van der Waals surface area contributed by atoms with Gasteiger partial charge in [0, 0.05) is 18.0 Å². The Bertz CT molecular complexity index is 974. The van der Waals surface area contributed by atoms with Gasteiger partial charge in [-0.1, -0.05) is 34.6 Å². The minimum absolute atomic E-state index is 0.0813. The molecule has 0 saturated heterocycles. The fourth-order valence-corrected chi connectivity index (χ4v) is 3.81. The summed E-state index contributed by atoms with van der Waals surface area (Å²) < 4.78 is 2.40. The van der Waals surface area contributed by atoms with Gasteiger partial charge in [0.25, 0.3) is 5.56 Å². The van der Waals surface area contributed by atoms with Crippen LogP contribution in [0.1, 0.15) is 40.2 Å². The molecule has 0 radical (unpaired) electrons. The average Bonchev–Trinajstić information content (AvgIpc) is 3.16. The zero-order valence-electron chi connectivity index (χ0n) is 16.4. The molecule has 27 heavy (non-hydrogen) atoms. The predicted molar refractivity (Wildman–Crippen MR) is 112 cm³/mol. The fraction of sp³-hybridized carbons (Fsp3) is 0.450. The van der Waals surface area contributed by atoms with E-state index in [-0.39, 0.29) is 23.8 Å². The lowest BCUT2D eigenvalue weighted by atomic mass is 9.91. The van der Waals surface area contributed by atoms with Gasteiger partial charge < -0.3 is 5.32 Å². The van der Waals surface area contributed by atoms with Gasteiger partial charge in [-0.2, -0.15) is 11.3 Å². The lowest BCUT2D eigenvalue weighted by Crippen LogP contribution is -2.39. The van der Waals surface area contributed by atoms with Crippen LogP contribution in [0.25, 0.3) is 12.2 Å². The first-order valence-corrected chi connectivity index (χ1v) is 10.6. The molecular weight excluding hydrogens is 380 g/mol.